The van der Waals surface area contributed by atoms with E-state index in [4.69, 9.17) is 0 Å². The van der Waals surface area contributed by atoms with Crippen molar-refractivity contribution in [2.45, 2.75) is 32.2 Å². The van der Waals surface area contributed by atoms with Crippen LogP contribution in [0, 0.1) is 5.92 Å². The molecule has 2 heterocycles. The van der Waals surface area contributed by atoms with Crippen molar-refractivity contribution >= 4 is 17.5 Å². The Morgan fingerprint density at radius 2 is 1.46 bits per heavy atom. The first-order chi connectivity index (χ1) is 20.2. The van der Waals surface area contributed by atoms with E-state index in [1.165, 1.54) is 29.5 Å². The highest BCUT2D eigenvalue weighted by Crippen LogP contribution is 2.22. The molecule has 2 N–H and O–H groups in total. The molecule has 0 radical (unpaired) electrons. The van der Waals surface area contributed by atoms with Gasteiger partial charge in [0.15, 0.2) is 0 Å². The summed E-state index contributed by atoms with van der Waals surface area (Å²) in [5, 5.41) is 6.05. The van der Waals surface area contributed by atoms with Crippen LogP contribution >= 0.6 is 0 Å². The summed E-state index contributed by atoms with van der Waals surface area (Å²) < 4.78 is 0. The first kappa shape index (κ1) is 28.4. The van der Waals surface area contributed by atoms with Crippen molar-refractivity contribution in [2.75, 3.05) is 42.9 Å². The smallest absolute Gasteiger partial charge is 0.319 e. The Kier molecular flexibility index (Phi) is 10.4. The Bertz CT molecular complexity index is 1320. The van der Waals surface area contributed by atoms with E-state index in [0.717, 1.165) is 63.0 Å². The van der Waals surface area contributed by atoms with Gasteiger partial charge >= 0.3 is 6.03 Å². The van der Waals surface area contributed by atoms with Gasteiger partial charge in [0.2, 0.25) is 0 Å². The lowest BCUT2D eigenvalue weighted by atomic mass is 9.90. The summed E-state index contributed by atoms with van der Waals surface area (Å²) in [5.74, 6) is 1.60. The van der Waals surface area contributed by atoms with Gasteiger partial charge in [-0.15, -0.1) is 0 Å². The van der Waals surface area contributed by atoms with E-state index >= 15 is 0 Å². The van der Waals surface area contributed by atoms with E-state index < -0.39 is 0 Å². The summed E-state index contributed by atoms with van der Waals surface area (Å²) in [7, 11) is 0. The second kappa shape index (κ2) is 15.0. The minimum Gasteiger partial charge on any atom is -0.352 e. The van der Waals surface area contributed by atoms with Gasteiger partial charge in [0.1, 0.15) is 5.82 Å². The lowest BCUT2D eigenvalue weighted by molar-refractivity contribution is 0.184. The van der Waals surface area contributed by atoms with Gasteiger partial charge in [0.05, 0.1) is 0 Å². The number of anilines is 2. The third-order valence-electron chi connectivity index (χ3n) is 7.84. The lowest BCUT2D eigenvalue weighted by Crippen LogP contribution is -2.40. The molecule has 0 unspecified atom stereocenters. The maximum absolute atomic E-state index is 12.7. The minimum atomic E-state index is -0.181. The summed E-state index contributed by atoms with van der Waals surface area (Å²) >= 11 is 0. The number of carbonyl (C=O) groups is 1. The highest BCUT2D eigenvalue weighted by molar-refractivity contribution is 5.89. The van der Waals surface area contributed by atoms with Crippen molar-refractivity contribution in [3.63, 3.8) is 0 Å². The van der Waals surface area contributed by atoms with Crippen molar-refractivity contribution in [3.8, 4) is 0 Å². The number of benzene rings is 3. The molecule has 1 saturated heterocycles. The highest BCUT2D eigenvalue weighted by atomic mass is 16.2. The summed E-state index contributed by atoms with van der Waals surface area (Å²) in [6, 6.07) is 35.4. The second-order valence-corrected chi connectivity index (χ2v) is 10.9. The number of nitrogens with one attached hydrogen (secondary N) is 2. The first-order valence-corrected chi connectivity index (χ1v) is 14.8. The summed E-state index contributed by atoms with van der Waals surface area (Å²) in [5.41, 5.74) is 4.69. The fourth-order valence-corrected chi connectivity index (χ4v) is 5.52. The Morgan fingerprint density at radius 3 is 2.15 bits per heavy atom. The zero-order valence-electron chi connectivity index (χ0n) is 23.8. The molecule has 5 rings (SSSR count). The Hall–Kier alpha value is -4.16. The summed E-state index contributed by atoms with van der Waals surface area (Å²) in [6.07, 6.45) is 6.27. The van der Waals surface area contributed by atoms with Gasteiger partial charge in [0.25, 0.3) is 0 Å². The normalized spacial score (nSPS) is 14.0. The first-order valence-electron chi connectivity index (χ1n) is 14.8. The molecule has 1 fully saturated rings. The maximum atomic E-state index is 12.7. The van der Waals surface area contributed by atoms with Gasteiger partial charge in [-0.1, -0.05) is 91.0 Å². The zero-order valence-corrected chi connectivity index (χ0v) is 23.8. The molecule has 1 aromatic heterocycles. The molecule has 212 valence electrons. The number of hydrogen-bond acceptors (Lipinski definition) is 4. The molecule has 6 heteroatoms. The molecule has 1 aliphatic heterocycles. The monoisotopic (exact) mass is 547 g/mol. The van der Waals surface area contributed by atoms with Crippen molar-refractivity contribution in [1.82, 2.24) is 15.2 Å². The molecule has 0 aliphatic carbocycles. The van der Waals surface area contributed by atoms with Crippen LogP contribution in [0.2, 0.25) is 0 Å². The van der Waals surface area contributed by atoms with Gasteiger partial charge < -0.3 is 20.4 Å². The number of urea groups is 1. The molecule has 0 bridgehead atoms. The van der Waals surface area contributed by atoms with Gasteiger partial charge in [-0.05, 0) is 67.4 Å². The van der Waals surface area contributed by atoms with E-state index in [-0.39, 0.29) is 6.03 Å². The summed E-state index contributed by atoms with van der Waals surface area (Å²) in [6.45, 7) is 5.26. The topological polar surface area (TPSA) is 60.5 Å². The molecule has 0 atom stereocenters. The molecular weight excluding hydrogens is 506 g/mol. The third kappa shape index (κ3) is 9.19. The van der Waals surface area contributed by atoms with Crippen LogP contribution in [-0.4, -0.2) is 48.6 Å². The van der Waals surface area contributed by atoms with Crippen LogP contribution in [-0.2, 0) is 19.4 Å². The number of pyridine rings is 1. The molecule has 0 saturated carbocycles. The quantitative estimate of drug-likeness (QED) is 0.215. The fourth-order valence-electron chi connectivity index (χ4n) is 5.52. The van der Waals surface area contributed by atoms with Crippen molar-refractivity contribution in [1.29, 1.82) is 0 Å². The standard InChI is InChI=1S/C35H41N5O/c41-35(37-21-25-39-22-17-31(18-23-39)26-30-12-6-2-7-13-30)38-33-16-20-36-34(27-33)40(28-32-14-8-3-9-15-32)24-19-29-10-4-1-5-11-29/h1-16,20,27,31H,17-19,21-26,28H2,(H2,36,37,38,41). The van der Waals surface area contributed by atoms with Gasteiger partial charge in [-0.3, -0.25) is 0 Å². The third-order valence-corrected chi connectivity index (χ3v) is 7.84. The minimum absolute atomic E-state index is 0.181. The Balaban J connectivity index is 1.09. The van der Waals surface area contributed by atoms with Crippen LogP contribution < -0.4 is 15.5 Å². The molecule has 41 heavy (non-hydrogen) atoms. The van der Waals surface area contributed by atoms with E-state index in [1.54, 1.807) is 6.20 Å². The second-order valence-electron chi connectivity index (χ2n) is 10.9. The molecule has 2 amide bonds. The molecule has 3 aromatic carbocycles. The number of hydrogen-bond donors (Lipinski definition) is 2. The predicted molar refractivity (Wildman–Crippen MR) is 168 cm³/mol. The van der Waals surface area contributed by atoms with E-state index in [1.807, 2.05) is 24.3 Å². The van der Waals surface area contributed by atoms with Crippen molar-refractivity contribution < 1.29 is 4.79 Å². The van der Waals surface area contributed by atoms with Gasteiger partial charge in [0, 0.05) is 44.1 Å². The van der Waals surface area contributed by atoms with E-state index in [9.17, 15) is 4.79 Å². The zero-order chi connectivity index (χ0) is 28.1. The molecular formula is C35H41N5O. The summed E-state index contributed by atoms with van der Waals surface area (Å²) in [4.78, 5) is 22.1. The lowest BCUT2D eigenvalue weighted by Gasteiger charge is -2.32. The fraction of sp³-hybridized carbons (Fsp3) is 0.314. The number of likely N-dealkylation sites (tertiary alicyclic amines) is 1. The Morgan fingerprint density at radius 1 is 0.829 bits per heavy atom. The van der Waals surface area contributed by atoms with Gasteiger partial charge in [-0.2, -0.15) is 0 Å². The number of aromatic nitrogens is 1. The maximum Gasteiger partial charge on any atom is 0.319 e. The average molecular weight is 548 g/mol. The van der Waals surface area contributed by atoms with Crippen LogP contribution in [0.4, 0.5) is 16.3 Å². The molecule has 4 aromatic rings. The number of piperidine rings is 1. The van der Waals surface area contributed by atoms with Gasteiger partial charge in [-0.25, -0.2) is 9.78 Å². The van der Waals surface area contributed by atoms with Crippen molar-refractivity contribution in [3.05, 3.63) is 126 Å². The largest absolute Gasteiger partial charge is 0.352 e. The van der Waals surface area contributed by atoms with Crippen LogP contribution in [0.15, 0.2) is 109 Å². The Labute approximate surface area is 244 Å². The number of nitrogens with zero attached hydrogens (tertiary/aromatic N) is 3. The molecule has 0 spiro atoms. The van der Waals surface area contributed by atoms with E-state index in [2.05, 4.69) is 104 Å². The van der Waals surface area contributed by atoms with Crippen LogP contribution in [0.1, 0.15) is 29.5 Å². The highest BCUT2D eigenvalue weighted by Gasteiger charge is 2.19. The van der Waals surface area contributed by atoms with Crippen LogP contribution in [0.3, 0.4) is 0 Å². The number of carbonyl (C=O) groups excluding carboxylic acids is 1. The van der Waals surface area contributed by atoms with Crippen LogP contribution in [0.5, 0.6) is 0 Å². The number of amides is 2. The average Bonchev–Trinajstić information content (AvgIpc) is 3.02. The van der Waals surface area contributed by atoms with E-state index in [0.29, 0.717) is 6.54 Å². The van der Waals surface area contributed by atoms with Crippen LogP contribution in [0.25, 0.3) is 0 Å². The van der Waals surface area contributed by atoms with Crippen molar-refractivity contribution in [2.24, 2.45) is 5.92 Å². The number of rotatable bonds is 12. The molecule has 6 nitrogen and oxygen atoms in total. The SMILES string of the molecule is O=C(NCCN1CCC(Cc2ccccc2)CC1)Nc1ccnc(N(CCc2ccccc2)Cc2ccccc2)c1. The molecule has 1 aliphatic rings. The predicted octanol–water partition coefficient (Wildman–Crippen LogP) is 6.41.